The van der Waals surface area contributed by atoms with Crippen LogP contribution >= 0.6 is 11.6 Å². The number of fused-ring (bicyclic) bond motifs is 2. The Kier molecular flexibility index (Phi) is 3.87. The van der Waals surface area contributed by atoms with Crippen molar-refractivity contribution in [3.8, 4) is 0 Å². The number of hydrogen-bond donors (Lipinski definition) is 2. The number of rotatable bonds is 2. The molecule has 1 saturated heterocycles. The van der Waals surface area contributed by atoms with Crippen molar-refractivity contribution >= 4 is 17.3 Å². The van der Waals surface area contributed by atoms with Crippen LogP contribution in [0.3, 0.4) is 0 Å². The van der Waals surface area contributed by atoms with Crippen molar-refractivity contribution in [2.45, 2.75) is 43.7 Å². The lowest BCUT2D eigenvalue weighted by Crippen LogP contribution is -2.51. The predicted molar refractivity (Wildman–Crippen MR) is 90.0 cm³/mol. The highest BCUT2D eigenvalue weighted by Crippen LogP contribution is 2.46. The molecular formula is C18H23ClN2O2. The summed E-state index contributed by atoms with van der Waals surface area (Å²) in [5.41, 5.74) is 1.17. The maximum Gasteiger partial charge on any atom is 0.0920 e. The summed E-state index contributed by atoms with van der Waals surface area (Å²) in [6, 6.07) is 7.82. The number of aliphatic hydroxyl groups is 1. The Morgan fingerprint density at radius 1 is 1.13 bits per heavy atom. The highest BCUT2D eigenvalue weighted by atomic mass is 35.5. The molecule has 23 heavy (non-hydrogen) atoms. The number of piperidine rings is 1. The van der Waals surface area contributed by atoms with E-state index in [1.807, 2.05) is 24.3 Å². The van der Waals surface area contributed by atoms with Crippen LogP contribution in [0.5, 0.6) is 0 Å². The zero-order chi connectivity index (χ0) is 16.0. The maximum atomic E-state index is 11.0. The van der Waals surface area contributed by atoms with Crippen LogP contribution in [0, 0.1) is 11.8 Å². The standard InChI is InChI=1S/C18H23ClN2O2/c19-15-5-3-14(4-6-15)18(22)7-9-21(10-8-18)17-13-2-1-12(11-13)16(17)20-23/h3-6,12-13,17,22-23H,1-2,7-11H2/b20-16-. The molecule has 1 heterocycles. The van der Waals surface area contributed by atoms with E-state index >= 15 is 0 Å². The van der Waals surface area contributed by atoms with Crippen LogP contribution in [0.4, 0.5) is 0 Å². The molecule has 0 amide bonds. The highest BCUT2D eigenvalue weighted by Gasteiger charge is 2.49. The Bertz CT molecular complexity index is 608. The summed E-state index contributed by atoms with van der Waals surface area (Å²) in [6.45, 7) is 1.68. The second-order valence-electron chi connectivity index (χ2n) is 7.31. The van der Waals surface area contributed by atoms with Crippen LogP contribution in [0.1, 0.15) is 37.7 Å². The Morgan fingerprint density at radius 2 is 1.83 bits per heavy atom. The van der Waals surface area contributed by atoms with Gasteiger partial charge in [0.2, 0.25) is 0 Å². The van der Waals surface area contributed by atoms with E-state index < -0.39 is 5.60 Å². The topological polar surface area (TPSA) is 56.1 Å². The predicted octanol–water partition coefficient (Wildman–Crippen LogP) is 3.25. The number of nitrogens with zero attached hydrogens (tertiary/aromatic N) is 2. The summed E-state index contributed by atoms with van der Waals surface area (Å²) < 4.78 is 0. The Balaban J connectivity index is 1.48. The minimum absolute atomic E-state index is 0.286. The van der Waals surface area contributed by atoms with Crippen molar-refractivity contribution in [2.75, 3.05) is 13.1 Å². The zero-order valence-corrected chi connectivity index (χ0v) is 13.9. The monoisotopic (exact) mass is 334 g/mol. The zero-order valence-electron chi connectivity index (χ0n) is 13.2. The largest absolute Gasteiger partial charge is 0.411 e. The summed E-state index contributed by atoms with van der Waals surface area (Å²) >= 11 is 5.95. The van der Waals surface area contributed by atoms with E-state index in [9.17, 15) is 10.3 Å². The number of halogens is 1. The first-order valence-corrected chi connectivity index (χ1v) is 8.93. The van der Waals surface area contributed by atoms with Crippen LogP contribution in [0.15, 0.2) is 29.4 Å². The van der Waals surface area contributed by atoms with Gasteiger partial charge in [-0.3, -0.25) is 4.90 Å². The smallest absolute Gasteiger partial charge is 0.0920 e. The van der Waals surface area contributed by atoms with Gasteiger partial charge in [-0.15, -0.1) is 0 Å². The van der Waals surface area contributed by atoms with Crippen LogP contribution in [0.2, 0.25) is 5.02 Å². The molecule has 0 radical (unpaired) electrons. The fraction of sp³-hybridized carbons (Fsp3) is 0.611. The van der Waals surface area contributed by atoms with Gasteiger partial charge in [0.15, 0.2) is 0 Å². The number of oxime groups is 1. The van der Waals surface area contributed by atoms with Gasteiger partial charge in [-0.25, -0.2) is 0 Å². The molecule has 3 unspecified atom stereocenters. The highest BCUT2D eigenvalue weighted by molar-refractivity contribution is 6.30. The molecule has 3 fully saturated rings. The van der Waals surface area contributed by atoms with E-state index in [1.54, 1.807) is 0 Å². The first kappa shape index (κ1) is 15.4. The lowest BCUT2D eigenvalue weighted by Gasteiger charge is -2.43. The van der Waals surface area contributed by atoms with Gasteiger partial charge in [-0.1, -0.05) is 28.9 Å². The van der Waals surface area contributed by atoms with Crippen LogP contribution in [-0.4, -0.2) is 40.1 Å². The summed E-state index contributed by atoms with van der Waals surface area (Å²) in [5.74, 6) is 1.11. The van der Waals surface area contributed by atoms with Gasteiger partial charge in [0.05, 0.1) is 17.4 Å². The molecule has 1 aromatic rings. The molecule has 3 atom stereocenters. The van der Waals surface area contributed by atoms with E-state index in [-0.39, 0.29) is 6.04 Å². The van der Waals surface area contributed by atoms with E-state index in [2.05, 4.69) is 10.1 Å². The number of likely N-dealkylation sites (tertiary alicyclic amines) is 1. The molecule has 2 bridgehead atoms. The van der Waals surface area contributed by atoms with Crippen LogP contribution in [-0.2, 0) is 5.60 Å². The third kappa shape index (κ3) is 2.57. The second-order valence-corrected chi connectivity index (χ2v) is 7.75. The van der Waals surface area contributed by atoms with E-state index in [4.69, 9.17) is 11.6 Å². The van der Waals surface area contributed by atoms with E-state index in [0.717, 1.165) is 24.4 Å². The lowest BCUT2D eigenvalue weighted by atomic mass is 9.82. The van der Waals surface area contributed by atoms with Gasteiger partial charge in [-0.2, -0.15) is 0 Å². The average Bonchev–Trinajstić information content (AvgIpc) is 3.17. The minimum Gasteiger partial charge on any atom is -0.411 e. The number of hydrogen-bond acceptors (Lipinski definition) is 4. The quantitative estimate of drug-likeness (QED) is 0.645. The third-order valence-corrected chi connectivity index (χ3v) is 6.41. The van der Waals surface area contributed by atoms with Crippen molar-refractivity contribution in [2.24, 2.45) is 17.0 Å². The first-order chi connectivity index (χ1) is 11.1. The SMILES string of the molecule is O/N=C1/C2CCC(C2)C1N1CCC(O)(c2ccc(Cl)cc2)CC1. The van der Waals surface area contributed by atoms with Gasteiger partial charge in [0.25, 0.3) is 0 Å². The summed E-state index contributed by atoms with van der Waals surface area (Å²) in [5, 5.41) is 24.7. The molecule has 2 N–H and O–H groups in total. The van der Waals surface area contributed by atoms with Crippen molar-refractivity contribution in [3.05, 3.63) is 34.9 Å². The molecule has 2 aliphatic carbocycles. The molecule has 5 heteroatoms. The van der Waals surface area contributed by atoms with Crippen LogP contribution in [0.25, 0.3) is 0 Å². The molecule has 124 valence electrons. The Labute approximate surface area is 141 Å². The minimum atomic E-state index is -0.769. The molecule has 2 saturated carbocycles. The molecule has 0 aromatic heterocycles. The molecule has 4 nitrogen and oxygen atoms in total. The average molecular weight is 335 g/mol. The third-order valence-electron chi connectivity index (χ3n) is 6.16. The molecule has 4 rings (SSSR count). The maximum absolute atomic E-state index is 11.0. The molecule has 1 aliphatic heterocycles. The van der Waals surface area contributed by atoms with Gasteiger partial charge in [0, 0.05) is 24.0 Å². The van der Waals surface area contributed by atoms with Crippen molar-refractivity contribution in [3.63, 3.8) is 0 Å². The first-order valence-electron chi connectivity index (χ1n) is 8.55. The molecular weight excluding hydrogens is 312 g/mol. The van der Waals surface area contributed by atoms with Crippen molar-refractivity contribution < 1.29 is 10.3 Å². The molecule has 1 aromatic carbocycles. The fourth-order valence-electron chi connectivity index (χ4n) is 4.90. The second kappa shape index (κ2) is 5.76. The normalized spacial score (nSPS) is 35.0. The van der Waals surface area contributed by atoms with Gasteiger partial charge >= 0.3 is 0 Å². The number of benzene rings is 1. The molecule has 0 spiro atoms. The lowest BCUT2D eigenvalue weighted by molar-refractivity contribution is -0.0338. The fourth-order valence-corrected chi connectivity index (χ4v) is 5.03. The Hall–Kier alpha value is -1.10. The van der Waals surface area contributed by atoms with Gasteiger partial charge in [0.1, 0.15) is 0 Å². The van der Waals surface area contributed by atoms with E-state index in [0.29, 0.717) is 29.7 Å². The van der Waals surface area contributed by atoms with Crippen LogP contribution < -0.4 is 0 Å². The van der Waals surface area contributed by atoms with Gasteiger partial charge < -0.3 is 10.3 Å². The summed E-state index contributed by atoms with van der Waals surface area (Å²) in [7, 11) is 0. The van der Waals surface area contributed by atoms with E-state index in [1.165, 1.54) is 19.3 Å². The van der Waals surface area contributed by atoms with Crippen molar-refractivity contribution in [1.29, 1.82) is 0 Å². The summed E-state index contributed by atoms with van der Waals surface area (Å²) in [6.07, 6.45) is 5.00. The summed E-state index contributed by atoms with van der Waals surface area (Å²) in [4.78, 5) is 2.42. The van der Waals surface area contributed by atoms with Gasteiger partial charge in [-0.05, 0) is 55.7 Å². The van der Waals surface area contributed by atoms with Crippen molar-refractivity contribution in [1.82, 2.24) is 4.90 Å². The molecule has 3 aliphatic rings. The Morgan fingerprint density at radius 3 is 2.48 bits per heavy atom.